The molecule has 0 N–H and O–H groups in total. The highest BCUT2D eigenvalue weighted by Crippen LogP contribution is 2.44. The maximum atomic E-state index is 5.55. The first-order chi connectivity index (χ1) is 7.34. The molecule has 15 heavy (non-hydrogen) atoms. The van der Waals surface area contributed by atoms with Gasteiger partial charge in [-0.3, -0.25) is 0 Å². The van der Waals surface area contributed by atoms with Gasteiger partial charge < -0.3 is 4.42 Å². The van der Waals surface area contributed by atoms with Gasteiger partial charge in [0.15, 0.2) is 0 Å². The normalized spacial score (nSPS) is 25.4. The van der Waals surface area contributed by atoms with Gasteiger partial charge in [0.2, 0.25) is 0 Å². The predicted octanol–water partition coefficient (Wildman–Crippen LogP) is 4.19. The van der Waals surface area contributed by atoms with Crippen LogP contribution >= 0.6 is 0 Å². The summed E-state index contributed by atoms with van der Waals surface area (Å²) in [7, 11) is 0. The van der Waals surface area contributed by atoms with Gasteiger partial charge in [0, 0.05) is 5.92 Å². The van der Waals surface area contributed by atoms with E-state index >= 15 is 0 Å². The minimum atomic E-state index is 0.529. The first-order valence-electron chi connectivity index (χ1n) is 5.77. The summed E-state index contributed by atoms with van der Waals surface area (Å²) in [4.78, 5) is 0. The van der Waals surface area contributed by atoms with Crippen LogP contribution in [-0.4, -0.2) is 0 Å². The van der Waals surface area contributed by atoms with Crippen molar-refractivity contribution in [2.45, 2.75) is 38.5 Å². The number of hydrogen-bond donors (Lipinski definition) is 0. The minimum absolute atomic E-state index is 0.529. The van der Waals surface area contributed by atoms with Crippen molar-refractivity contribution in [3.63, 3.8) is 0 Å². The molecule has 0 aliphatic heterocycles. The Bertz CT molecular complexity index is 420. The van der Waals surface area contributed by atoms with Gasteiger partial charge in [-0.05, 0) is 50.3 Å². The van der Waals surface area contributed by atoms with Gasteiger partial charge in [0.1, 0.15) is 5.76 Å². The van der Waals surface area contributed by atoms with E-state index in [1.165, 1.54) is 31.3 Å². The lowest BCUT2D eigenvalue weighted by Crippen LogP contribution is -2.06. The predicted molar refractivity (Wildman–Crippen MR) is 60.7 cm³/mol. The Morgan fingerprint density at radius 1 is 1.40 bits per heavy atom. The Kier molecular flexibility index (Phi) is 2.05. The van der Waals surface area contributed by atoms with Crippen molar-refractivity contribution in [2.24, 2.45) is 0 Å². The average molecular weight is 200 g/mol. The molecule has 1 nitrogen and oxygen atoms in total. The molecule has 1 unspecified atom stereocenters. The monoisotopic (exact) mass is 200 g/mol. The molecule has 0 radical (unpaired) electrons. The van der Waals surface area contributed by atoms with Crippen molar-refractivity contribution >= 4 is 0 Å². The van der Waals surface area contributed by atoms with Crippen molar-refractivity contribution in [3.05, 3.63) is 47.0 Å². The summed E-state index contributed by atoms with van der Waals surface area (Å²) in [6.45, 7) is 2.23. The summed E-state index contributed by atoms with van der Waals surface area (Å²) < 4.78 is 5.55. The molecule has 78 valence electrons. The highest BCUT2D eigenvalue weighted by atomic mass is 16.3. The summed E-state index contributed by atoms with van der Waals surface area (Å²) in [5.41, 5.74) is 4.72. The molecule has 0 saturated heterocycles. The zero-order valence-corrected chi connectivity index (χ0v) is 9.12. The molecule has 2 aliphatic rings. The van der Waals surface area contributed by atoms with Crippen molar-refractivity contribution < 1.29 is 4.42 Å². The van der Waals surface area contributed by atoms with Crippen LogP contribution in [0.1, 0.15) is 44.3 Å². The topological polar surface area (TPSA) is 13.1 Å². The molecule has 2 aliphatic carbocycles. The Labute approximate surface area is 90.5 Å². The molecule has 0 aromatic carbocycles. The van der Waals surface area contributed by atoms with Crippen LogP contribution in [0.2, 0.25) is 0 Å². The Hall–Kier alpha value is -1.24. The van der Waals surface area contributed by atoms with E-state index in [1.807, 2.05) is 6.07 Å². The van der Waals surface area contributed by atoms with Crippen molar-refractivity contribution in [1.82, 2.24) is 0 Å². The maximum Gasteiger partial charge on any atom is 0.111 e. The highest BCUT2D eigenvalue weighted by Gasteiger charge is 2.27. The summed E-state index contributed by atoms with van der Waals surface area (Å²) in [6, 6.07) is 4.11. The molecule has 0 spiro atoms. The summed E-state index contributed by atoms with van der Waals surface area (Å²) in [6.07, 6.45) is 9.21. The Morgan fingerprint density at radius 2 is 2.33 bits per heavy atom. The summed E-state index contributed by atoms with van der Waals surface area (Å²) >= 11 is 0. The average Bonchev–Trinajstić information content (AvgIpc) is 2.82. The van der Waals surface area contributed by atoms with E-state index in [9.17, 15) is 0 Å². The van der Waals surface area contributed by atoms with Crippen LogP contribution in [0.15, 0.2) is 45.6 Å². The van der Waals surface area contributed by atoms with Gasteiger partial charge in [-0.2, -0.15) is 0 Å². The lowest BCUT2D eigenvalue weighted by Gasteiger charge is -2.22. The van der Waals surface area contributed by atoms with Crippen LogP contribution in [-0.2, 0) is 0 Å². The first kappa shape index (κ1) is 9.02. The van der Waals surface area contributed by atoms with Crippen LogP contribution in [0.4, 0.5) is 0 Å². The first-order valence-corrected chi connectivity index (χ1v) is 5.77. The quantitative estimate of drug-likeness (QED) is 0.662. The minimum Gasteiger partial charge on any atom is -0.469 e. The molecule has 0 bridgehead atoms. The molecular weight excluding hydrogens is 184 g/mol. The third-order valence-electron chi connectivity index (χ3n) is 3.54. The molecule has 1 heterocycles. The summed E-state index contributed by atoms with van der Waals surface area (Å²) in [5.74, 6) is 1.68. The number of allylic oxidation sites excluding steroid dienone is 4. The Morgan fingerprint density at radius 3 is 3.13 bits per heavy atom. The van der Waals surface area contributed by atoms with E-state index in [0.717, 1.165) is 5.76 Å². The fourth-order valence-electron chi connectivity index (χ4n) is 2.90. The molecule has 3 rings (SSSR count). The van der Waals surface area contributed by atoms with Crippen molar-refractivity contribution in [2.75, 3.05) is 0 Å². The van der Waals surface area contributed by atoms with Crippen LogP contribution in [0.25, 0.3) is 0 Å². The van der Waals surface area contributed by atoms with E-state index in [0.29, 0.717) is 5.92 Å². The molecule has 1 aromatic heterocycles. The van der Waals surface area contributed by atoms with Crippen LogP contribution in [0.3, 0.4) is 0 Å². The van der Waals surface area contributed by atoms with E-state index in [2.05, 4.69) is 19.1 Å². The second kappa shape index (κ2) is 3.41. The smallest absolute Gasteiger partial charge is 0.111 e. The molecule has 1 heteroatoms. The van der Waals surface area contributed by atoms with Crippen LogP contribution in [0, 0.1) is 0 Å². The highest BCUT2D eigenvalue weighted by molar-refractivity contribution is 5.45. The third-order valence-corrected chi connectivity index (χ3v) is 3.54. The third kappa shape index (κ3) is 1.46. The molecule has 0 amide bonds. The zero-order chi connectivity index (χ0) is 10.3. The van der Waals surface area contributed by atoms with Crippen molar-refractivity contribution in [3.8, 4) is 0 Å². The number of furan rings is 1. The van der Waals surface area contributed by atoms with Gasteiger partial charge in [0.05, 0.1) is 6.26 Å². The van der Waals surface area contributed by atoms with Crippen LogP contribution in [0.5, 0.6) is 0 Å². The fourth-order valence-corrected chi connectivity index (χ4v) is 2.90. The Balaban J connectivity index is 1.99. The van der Waals surface area contributed by atoms with Gasteiger partial charge in [0.25, 0.3) is 0 Å². The standard InChI is InChI=1S/C14H16O/c1-10-8-11-4-2-5-12(13(11)9-10)14-6-3-7-15-14/h3,6-7,9,12H,2,4-5,8H2,1H3. The molecule has 1 aromatic rings. The van der Waals surface area contributed by atoms with Gasteiger partial charge >= 0.3 is 0 Å². The van der Waals surface area contributed by atoms with Gasteiger partial charge in [-0.1, -0.05) is 17.2 Å². The van der Waals surface area contributed by atoms with E-state index < -0.39 is 0 Å². The molecule has 0 fully saturated rings. The lowest BCUT2D eigenvalue weighted by atomic mass is 9.83. The maximum absolute atomic E-state index is 5.55. The van der Waals surface area contributed by atoms with E-state index in [1.54, 1.807) is 17.4 Å². The van der Waals surface area contributed by atoms with Gasteiger partial charge in [-0.15, -0.1) is 0 Å². The number of hydrogen-bond acceptors (Lipinski definition) is 1. The number of rotatable bonds is 1. The van der Waals surface area contributed by atoms with E-state index in [-0.39, 0.29) is 0 Å². The van der Waals surface area contributed by atoms with Crippen LogP contribution < -0.4 is 0 Å². The molecule has 1 atom stereocenters. The van der Waals surface area contributed by atoms with Gasteiger partial charge in [-0.25, -0.2) is 0 Å². The summed E-state index contributed by atoms with van der Waals surface area (Å²) in [5, 5.41) is 0. The largest absolute Gasteiger partial charge is 0.469 e. The molecule has 0 saturated carbocycles. The zero-order valence-electron chi connectivity index (χ0n) is 9.12. The van der Waals surface area contributed by atoms with E-state index in [4.69, 9.17) is 4.42 Å². The second-order valence-electron chi connectivity index (χ2n) is 4.69. The molecular formula is C14H16O. The fraction of sp³-hybridized carbons (Fsp3) is 0.429. The lowest BCUT2D eigenvalue weighted by molar-refractivity contribution is 0.457. The van der Waals surface area contributed by atoms with Crippen molar-refractivity contribution in [1.29, 1.82) is 0 Å². The SMILES string of the molecule is CC1=CC2=C(CCCC2c2ccco2)C1. The second-order valence-corrected chi connectivity index (χ2v) is 4.69.